The molecule has 0 aromatic heterocycles. The topological polar surface area (TPSA) is 58.9 Å². The van der Waals surface area contributed by atoms with E-state index in [0.717, 1.165) is 5.56 Å². The van der Waals surface area contributed by atoms with Gasteiger partial charge in [0.25, 0.3) is 0 Å². The minimum Gasteiger partial charge on any atom is -0.504 e. The normalized spacial score (nSPS) is 11.3. The molecular weight excluding hydrogens is 208 g/mol. The maximum Gasteiger partial charge on any atom is 0.164 e. The van der Waals surface area contributed by atoms with E-state index in [1.54, 1.807) is 19.2 Å². The lowest BCUT2D eigenvalue weighted by atomic mass is 9.84. The number of aliphatic hydroxyl groups excluding tert-OH is 1. The third kappa shape index (κ3) is 2.22. The largest absolute Gasteiger partial charge is 0.504 e. The third-order valence-corrected chi connectivity index (χ3v) is 2.63. The molecule has 0 unspecified atom stereocenters. The molecule has 0 saturated heterocycles. The second kappa shape index (κ2) is 4.61. The number of hydrogen-bond acceptors (Lipinski definition) is 4. The first kappa shape index (κ1) is 12.6. The lowest BCUT2D eigenvalue weighted by molar-refractivity contribution is 0.214. The van der Waals surface area contributed by atoms with Crippen LogP contribution < -0.4 is 9.47 Å². The molecule has 0 bridgehead atoms. The van der Waals surface area contributed by atoms with Crippen LogP contribution in [0.25, 0.3) is 0 Å². The van der Waals surface area contributed by atoms with Crippen molar-refractivity contribution in [2.24, 2.45) is 0 Å². The average molecular weight is 226 g/mol. The van der Waals surface area contributed by atoms with Crippen LogP contribution in [0, 0.1) is 0 Å². The summed E-state index contributed by atoms with van der Waals surface area (Å²) >= 11 is 0. The van der Waals surface area contributed by atoms with E-state index in [9.17, 15) is 10.2 Å². The van der Waals surface area contributed by atoms with Gasteiger partial charge in [0, 0.05) is 17.0 Å². The van der Waals surface area contributed by atoms with Crippen molar-refractivity contribution in [2.75, 3.05) is 20.8 Å². The fourth-order valence-corrected chi connectivity index (χ4v) is 1.50. The van der Waals surface area contributed by atoms with Crippen molar-refractivity contribution in [3.8, 4) is 17.2 Å². The number of methoxy groups -OCH3 is 2. The fraction of sp³-hybridized carbons (Fsp3) is 0.500. The van der Waals surface area contributed by atoms with E-state index < -0.39 is 5.41 Å². The molecule has 16 heavy (non-hydrogen) atoms. The van der Waals surface area contributed by atoms with Crippen LogP contribution in [0.3, 0.4) is 0 Å². The molecule has 2 N–H and O–H groups in total. The lowest BCUT2D eigenvalue weighted by Crippen LogP contribution is -2.22. The Morgan fingerprint density at radius 2 is 1.69 bits per heavy atom. The zero-order valence-corrected chi connectivity index (χ0v) is 10.1. The summed E-state index contributed by atoms with van der Waals surface area (Å²) in [5, 5.41) is 19.0. The number of hydrogen-bond donors (Lipinski definition) is 2. The van der Waals surface area contributed by atoms with Crippen molar-refractivity contribution in [1.82, 2.24) is 0 Å². The van der Waals surface area contributed by atoms with Gasteiger partial charge in [0.15, 0.2) is 11.5 Å². The minimum atomic E-state index is -0.477. The van der Waals surface area contributed by atoms with Crippen LogP contribution in [-0.4, -0.2) is 31.0 Å². The van der Waals surface area contributed by atoms with Crippen LogP contribution in [-0.2, 0) is 5.41 Å². The van der Waals surface area contributed by atoms with Crippen molar-refractivity contribution < 1.29 is 19.7 Å². The summed E-state index contributed by atoms with van der Waals surface area (Å²) < 4.78 is 10.2. The third-order valence-electron chi connectivity index (χ3n) is 2.63. The Kier molecular flexibility index (Phi) is 3.65. The maximum absolute atomic E-state index is 9.71. The van der Waals surface area contributed by atoms with Crippen molar-refractivity contribution in [1.29, 1.82) is 0 Å². The smallest absolute Gasteiger partial charge is 0.164 e. The number of phenolic OH excluding ortho intramolecular Hbond substituents is 1. The Morgan fingerprint density at radius 1 is 1.12 bits per heavy atom. The molecule has 1 aromatic carbocycles. The standard InChI is InChI=1S/C12H18O4/c1-12(2,7-13)8-5-9(14)11(16-4)6-10(8)15-3/h5-6,13-14H,7H2,1-4H3. The predicted octanol–water partition coefficient (Wildman–Crippen LogP) is 1.68. The molecule has 0 aliphatic rings. The van der Waals surface area contributed by atoms with Crippen LogP contribution >= 0.6 is 0 Å². The second-order valence-corrected chi connectivity index (χ2v) is 4.27. The van der Waals surface area contributed by atoms with E-state index in [0.29, 0.717) is 11.5 Å². The number of benzene rings is 1. The molecule has 0 aliphatic carbocycles. The highest BCUT2D eigenvalue weighted by molar-refractivity contribution is 5.52. The van der Waals surface area contributed by atoms with Crippen molar-refractivity contribution in [2.45, 2.75) is 19.3 Å². The summed E-state index contributed by atoms with van der Waals surface area (Å²) in [4.78, 5) is 0. The van der Waals surface area contributed by atoms with Gasteiger partial charge in [-0.15, -0.1) is 0 Å². The van der Waals surface area contributed by atoms with Gasteiger partial charge in [-0.1, -0.05) is 13.8 Å². The lowest BCUT2D eigenvalue weighted by Gasteiger charge is -2.25. The summed E-state index contributed by atoms with van der Waals surface area (Å²) in [6, 6.07) is 3.18. The zero-order valence-electron chi connectivity index (χ0n) is 10.1. The van der Waals surface area contributed by atoms with Gasteiger partial charge in [-0.05, 0) is 6.07 Å². The molecule has 0 atom stereocenters. The monoisotopic (exact) mass is 226 g/mol. The molecule has 0 fully saturated rings. The Hall–Kier alpha value is -1.42. The summed E-state index contributed by atoms with van der Waals surface area (Å²) in [6.07, 6.45) is 0. The van der Waals surface area contributed by atoms with Gasteiger partial charge in [0.1, 0.15) is 5.75 Å². The molecule has 0 amide bonds. The van der Waals surface area contributed by atoms with Gasteiger partial charge < -0.3 is 19.7 Å². The quantitative estimate of drug-likeness (QED) is 0.820. The number of aromatic hydroxyl groups is 1. The predicted molar refractivity (Wildman–Crippen MR) is 61.3 cm³/mol. The molecule has 0 spiro atoms. The first-order valence-electron chi connectivity index (χ1n) is 5.02. The van der Waals surface area contributed by atoms with E-state index >= 15 is 0 Å². The van der Waals surface area contributed by atoms with E-state index in [1.165, 1.54) is 7.11 Å². The van der Waals surface area contributed by atoms with Gasteiger partial charge in [-0.25, -0.2) is 0 Å². The SMILES string of the molecule is COc1cc(OC)c(C(C)(C)CO)cc1O. The van der Waals surface area contributed by atoms with Gasteiger partial charge in [0.05, 0.1) is 20.8 Å². The molecule has 0 aliphatic heterocycles. The van der Waals surface area contributed by atoms with E-state index in [4.69, 9.17) is 9.47 Å². The van der Waals surface area contributed by atoms with Crippen LogP contribution in [0.2, 0.25) is 0 Å². The minimum absolute atomic E-state index is 0.0326. The van der Waals surface area contributed by atoms with Crippen LogP contribution in [0.1, 0.15) is 19.4 Å². The van der Waals surface area contributed by atoms with Crippen LogP contribution in [0.5, 0.6) is 17.2 Å². The molecule has 4 heteroatoms. The highest BCUT2D eigenvalue weighted by Crippen LogP contribution is 2.39. The average Bonchev–Trinajstić information content (AvgIpc) is 2.28. The van der Waals surface area contributed by atoms with Crippen molar-refractivity contribution in [3.05, 3.63) is 17.7 Å². The van der Waals surface area contributed by atoms with Gasteiger partial charge in [0.2, 0.25) is 0 Å². The number of aliphatic hydroxyl groups is 1. The summed E-state index contributed by atoms with van der Waals surface area (Å²) in [6.45, 7) is 3.71. The molecule has 1 rings (SSSR count). The number of ether oxygens (including phenoxy) is 2. The van der Waals surface area contributed by atoms with Gasteiger partial charge in [-0.3, -0.25) is 0 Å². The molecule has 0 heterocycles. The van der Waals surface area contributed by atoms with E-state index in [1.807, 2.05) is 13.8 Å². The fourth-order valence-electron chi connectivity index (χ4n) is 1.50. The van der Waals surface area contributed by atoms with Crippen molar-refractivity contribution in [3.63, 3.8) is 0 Å². The zero-order chi connectivity index (χ0) is 12.3. The van der Waals surface area contributed by atoms with E-state index in [-0.39, 0.29) is 12.4 Å². The van der Waals surface area contributed by atoms with E-state index in [2.05, 4.69) is 0 Å². The molecule has 0 saturated carbocycles. The summed E-state index contributed by atoms with van der Waals surface area (Å²) in [5.74, 6) is 0.989. The number of rotatable bonds is 4. The summed E-state index contributed by atoms with van der Waals surface area (Å²) in [5.41, 5.74) is 0.269. The molecular formula is C12H18O4. The Balaban J connectivity index is 3.34. The number of phenols is 1. The summed E-state index contributed by atoms with van der Waals surface area (Å²) in [7, 11) is 3.02. The first-order chi connectivity index (χ1) is 7.46. The van der Waals surface area contributed by atoms with Crippen molar-refractivity contribution >= 4 is 0 Å². The highest BCUT2D eigenvalue weighted by Gasteiger charge is 2.25. The first-order valence-corrected chi connectivity index (χ1v) is 5.02. The van der Waals surface area contributed by atoms with Gasteiger partial charge >= 0.3 is 0 Å². The molecule has 4 nitrogen and oxygen atoms in total. The molecule has 0 radical (unpaired) electrons. The molecule has 90 valence electrons. The second-order valence-electron chi connectivity index (χ2n) is 4.27. The Morgan fingerprint density at radius 3 is 2.12 bits per heavy atom. The highest BCUT2D eigenvalue weighted by atomic mass is 16.5. The van der Waals surface area contributed by atoms with Gasteiger partial charge in [-0.2, -0.15) is 0 Å². The Labute approximate surface area is 95.4 Å². The van der Waals surface area contributed by atoms with Crippen LogP contribution in [0.4, 0.5) is 0 Å². The Bertz CT molecular complexity index is 372. The molecule has 1 aromatic rings. The van der Waals surface area contributed by atoms with Crippen LogP contribution in [0.15, 0.2) is 12.1 Å². The maximum atomic E-state index is 9.71.